The van der Waals surface area contributed by atoms with Gasteiger partial charge in [-0.3, -0.25) is 20.2 Å². The summed E-state index contributed by atoms with van der Waals surface area (Å²) in [5, 5.41) is 22.9. The van der Waals surface area contributed by atoms with Gasteiger partial charge in [-0.1, -0.05) is 25.4 Å². The maximum Gasteiger partial charge on any atom is 0.324 e. The lowest BCUT2D eigenvalue weighted by Gasteiger charge is -2.17. The molecule has 0 aliphatic rings. The predicted molar refractivity (Wildman–Crippen MR) is 73.3 cm³/mol. The fourth-order valence-electron chi connectivity index (χ4n) is 1.52. The Balaban J connectivity index is 2.84. The fraction of sp³-hybridized carbons (Fsp3) is 0.417. The van der Waals surface area contributed by atoms with Gasteiger partial charge >= 0.3 is 11.7 Å². The van der Waals surface area contributed by atoms with E-state index in [9.17, 15) is 14.9 Å². The van der Waals surface area contributed by atoms with Gasteiger partial charge in [-0.25, -0.2) is 0 Å². The van der Waals surface area contributed by atoms with E-state index in [1.807, 2.05) is 0 Å². The molecule has 0 aliphatic carbocycles. The van der Waals surface area contributed by atoms with Crippen LogP contribution in [-0.2, 0) is 4.79 Å². The van der Waals surface area contributed by atoms with Crippen molar-refractivity contribution < 1.29 is 19.6 Å². The molecule has 0 aliphatic heterocycles. The summed E-state index contributed by atoms with van der Waals surface area (Å²) in [5.41, 5.74) is -0.261. The van der Waals surface area contributed by atoms with E-state index in [0.717, 1.165) is 0 Å². The van der Waals surface area contributed by atoms with Gasteiger partial charge in [0.2, 0.25) is 0 Å². The van der Waals surface area contributed by atoms with Crippen LogP contribution in [0.1, 0.15) is 13.8 Å². The molecule has 0 amide bonds. The summed E-state index contributed by atoms with van der Waals surface area (Å²) in [7, 11) is 0. The van der Waals surface area contributed by atoms with Crippen LogP contribution in [0, 0.1) is 10.1 Å². The number of carboxylic acids is 1. The number of nitro benzene ring substituents is 1. The van der Waals surface area contributed by atoms with Gasteiger partial charge in [-0.2, -0.15) is 0 Å². The van der Waals surface area contributed by atoms with E-state index in [-0.39, 0.29) is 29.1 Å². The number of carboxylic acid groups (broad SMARTS) is 1. The number of halogens is 1. The van der Waals surface area contributed by atoms with E-state index < -0.39 is 16.9 Å². The maximum absolute atomic E-state index is 11.0. The first-order chi connectivity index (χ1) is 9.31. The highest BCUT2D eigenvalue weighted by Crippen LogP contribution is 2.29. The Morgan fingerprint density at radius 2 is 2.20 bits per heavy atom. The minimum Gasteiger partial charge on any atom is -0.484 e. The second kappa shape index (κ2) is 7.06. The summed E-state index contributed by atoms with van der Waals surface area (Å²) < 4.78 is 5.23. The second-order valence-corrected chi connectivity index (χ2v) is 4.83. The van der Waals surface area contributed by atoms with Crippen molar-refractivity contribution in [2.24, 2.45) is 0 Å². The van der Waals surface area contributed by atoms with Gasteiger partial charge in [0.15, 0.2) is 5.75 Å². The first-order valence-electron chi connectivity index (χ1n) is 5.87. The molecular weight excluding hydrogens is 288 g/mol. The molecule has 0 saturated heterocycles. The molecule has 0 radical (unpaired) electrons. The van der Waals surface area contributed by atoms with Crippen molar-refractivity contribution in [2.45, 2.75) is 25.9 Å². The summed E-state index contributed by atoms with van der Waals surface area (Å²) in [6, 6.07) is 2.84. The molecule has 1 aromatic carbocycles. The number of nitrogens with one attached hydrogen (secondary N) is 1. The molecule has 20 heavy (non-hydrogen) atoms. The lowest BCUT2D eigenvalue weighted by molar-refractivity contribution is -0.385. The third-order valence-electron chi connectivity index (χ3n) is 2.36. The highest BCUT2D eigenvalue weighted by molar-refractivity contribution is 6.30. The lowest BCUT2D eigenvalue weighted by Crippen LogP contribution is -2.44. The third-order valence-corrected chi connectivity index (χ3v) is 2.59. The monoisotopic (exact) mass is 302 g/mol. The zero-order valence-electron chi connectivity index (χ0n) is 11.0. The topological polar surface area (TPSA) is 102 Å². The summed E-state index contributed by atoms with van der Waals surface area (Å²) in [6.07, 6.45) is 0. The van der Waals surface area contributed by atoms with Crippen LogP contribution in [0.5, 0.6) is 5.75 Å². The molecule has 0 bridgehead atoms. The summed E-state index contributed by atoms with van der Waals surface area (Å²) in [5.74, 6) is -1.15. The van der Waals surface area contributed by atoms with E-state index in [2.05, 4.69) is 5.32 Å². The van der Waals surface area contributed by atoms with Crippen LogP contribution in [0.15, 0.2) is 18.2 Å². The maximum atomic E-state index is 11.0. The Morgan fingerprint density at radius 1 is 1.55 bits per heavy atom. The molecule has 8 heteroatoms. The zero-order chi connectivity index (χ0) is 15.3. The van der Waals surface area contributed by atoms with Crippen molar-refractivity contribution in [3.8, 4) is 5.75 Å². The van der Waals surface area contributed by atoms with Gasteiger partial charge in [0.25, 0.3) is 0 Å². The zero-order valence-corrected chi connectivity index (χ0v) is 11.8. The molecule has 0 aromatic heterocycles. The largest absolute Gasteiger partial charge is 0.484 e. The smallest absolute Gasteiger partial charge is 0.324 e. The number of benzene rings is 1. The molecule has 110 valence electrons. The van der Waals surface area contributed by atoms with Gasteiger partial charge in [0.1, 0.15) is 12.6 Å². The summed E-state index contributed by atoms with van der Waals surface area (Å²) in [4.78, 5) is 21.3. The molecule has 0 spiro atoms. The van der Waals surface area contributed by atoms with Crippen LogP contribution in [0.3, 0.4) is 0 Å². The summed E-state index contributed by atoms with van der Waals surface area (Å²) in [6.45, 7) is 3.34. The Morgan fingerprint density at radius 3 is 2.70 bits per heavy atom. The van der Waals surface area contributed by atoms with E-state index in [0.29, 0.717) is 0 Å². The van der Waals surface area contributed by atoms with Crippen molar-refractivity contribution in [1.29, 1.82) is 0 Å². The normalized spacial score (nSPS) is 12.2. The van der Waals surface area contributed by atoms with Crippen LogP contribution in [0.25, 0.3) is 0 Å². The first-order valence-corrected chi connectivity index (χ1v) is 6.24. The molecule has 2 N–H and O–H groups in total. The number of hydrogen-bond donors (Lipinski definition) is 2. The average Bonchev–Trinajstić information content (AvgIpc) is 2.33. The van der Waals surface area contributed by atoms with Crippen LogP contribution in [0.2, 0.25) is 5.02 Å². The molecule has 1 aromatic rings. The summed E-state index contributed by atoms with van der Waals surface area (Å²) >= 11 is 5.75. The standard InChI is InChI=1S/C12H15ClN2O5/c1-7(2)14-9(12(16)17)6-20-11-5-8(13)3-4-10(11)15(18)19/h3-5,7,9,14H,6H2,1-2H3,(H,16,17). The highest BCUT2D eigenvalue weighted by Gasteiger charge is 2.22. The number of aliphatic carboxylic acids is 1. The van der Waals surface area contributed by atoms with Crippen molar-refractivity contribution in [3.63, 3.8) is 0 Å². The van der Waals surface area contributed by atoms with Gasteiger partial charge < -0.3 is 9.84 Å². The predicted octanol–water partition coefficient (Wildman–Crippen LogP) is 2.08. The number of ether oxygens (including phenoxy) is 1. The first kappa shape index (κ1) is 16.2. The van der Waals surface area contributed by atoms with Gasteiger partial charge in [0.05, 0.1) is 4.92 Å². The Bertz CT molecular complexity index is 507. The van der Waals surface area contributed by atoms with Crippen molar-refractivity contribution >= 4 is 23.3 Å². The van der Waals surface area contributed by atoms with E-state index >= 15 is 0 Å². The molecule has 1 atom stereocenters. The molecule has 1 unspecified atom stereocenters. The molecule has 0 saturated carbocycles. The van der Waals surface area contributed by atoms with Crippen LogP contribution in [0.4, 0.5) is 5.69 Å². The fourth-order valence-corrected chi connectivity index (χ4v) is 1.68. The molecular formula is C12H15ClN2O5. The Kier molecular flexibility index (Phi) is 5.72. The van der Waals surface area contributed by atoms with Gasteiger partial charge in [-0.15, -0.1) is 0 Å². The highest BCUT2D eigenvalue weighted by atomic mass is 35.5. The van der Waals surface area contributed by atoms with Crippen LogP contribution >= 0.6 is 11.6 Å². The van der Waals surface area contributed by atoms with E-state index in [4.69, 9.17) is 21.4 Å². The average molecular weight is 303 g/mol. The minimum absolute atomic E-state index is 0.0562. The molecule has 7 nitrogen and oxygen atoms in total. The second-order valence-electron chi connectivity index (χ2n) is 4.39. The quantitative estimate of drug-likeness (QED) is 0.590. The lowest BCUT2D eigenvalue weighted by atomic mass is 10.2. The van der Waals surface area contributed by atoms with Crippen molar-refractivity contribution in [1.82, 2.24) is 5.32 Å². The number of nitro groups is 1. The SMILES string of the molecule is CC(C)NC(COc1cc(Cl)ccc1[N+](=O)[O-])C(=O)O. The van der Waals surface area contributed by atoms with E-state index in [1.54, 1.807) is 13.8 Å². The van der Waals surface area contributed by atoms with Gasteiger partial charge in [-0.05, 0) is 6.07 Å². The number of carbonyl (C=O) groups is 1. The third kappa shape index (κ3) is 4.67. The molecule has 1 rings (SSSR count). The number of hydrogen-bond acceptors (Lipinski definition) is 5. The van der Waals surface area contributed by atoms with Crippen molar-refractivity contribution in [2.75, 3.05) is 6.61 Å². The van der Waals surface area contributed by atoms with Gasteiger partial charge in [0, 0.05) is 23.2 Å². The Hall–Kier alpha value is -1.86. The van der Waals surface area contributed by atoms with Crippen LogP contribution in [-0.4, -0.2) is 34.7 Å². The number of rotatable bonds is 7. The Labute approximate surface area is 120 Å². The minimum atomic E-state index is -1.09. The number of nitrogens with zero attached hydrogens (tertiary/aromatic N) is 1. The van der Waals surface area contributed by atoms with Crippen LogP contribution < -0.4 is 10.1 Å². The molecule has 0 heterocycles. The van der Waals surface area contributed by atoms with Crippen molar-refractivity contribution in [3.05, 3.63) is 33.3 Å². The molecule has 0 fully saturated rings. The van der Waals surface area contributed by atoms with E-state index in [1.165, 1.54) is 18.2 Å².